The van der Waals surface area contributed by atoms with E-state index in [1.807, 2.05) is 18.2 Å². The van der Waals surface area contributed by atoms with Gasteiger partial charge in [0, 0.05) is 0 Å². The van der Waals surface area contributed by atoms with Crippen LogP contribution in [-0.4, -0.2) is 23.9 Å². The molecule has 5 heteroatoms. The van der Waals surface area contributed by atoms with Crippen LogP contribution < -0.4 is 15.2 Å². The van der Waals surface area contributed by atoms with Crippen molar-refractivity contribution in [1.82, 2.24) is 0 Å². The van der Waals surface area contributed by atoms with Crippen LogP contribution in [-0.2, 0) is 11.2 Å². The van der Waals surface area contributed by atoms with Gasteiger partial charge in [0.15, 0.2) is 11.5 Å². The Kier molecular flexibility index (Phi) is 4.04. The fourth-order valence-electron chi connectivity index (χ4n) is 1.91. The zero-order valence-corrected chi connectivity index (χ0v) is 10.1. The highest BCUT2D eigenvalue weighted by atomic mass is 16.7. The maximum absolute atomic E-state index is 10.5. The summed E-state index contributed by atoms with van der Waals surface area (Å²) in [4.78, 5) is 10.5. The van der Waals surface area contributed by atoms with Crippen LogP contribution in [0, 0.1) is 0 Å². The molecule has 1 aliphatic rings. The number of fused-ring (bicyclic) bond motifs is 1. The molecule has 1 unspecified atom stereocenters. The van der Waals surface area contributed by atoms with Crippen molar-refractivity contribution in [2.75, 3.05) is 6.79 Å². The van der Waals surface area contributed by atoms with Crippen LogP contribution in [0.25, 0.3) is 0 Å². The number of rotatable bonds is 6. The predicted octanol–water partition coefficient (Wildman–Crippen LogP) is 1.54. The van der Waals surface area contributed by atoms with Gasteiger partial charge in [-0.25, -0.2) is 0 Å². The number of ether oxygens (including phenoxy) is 2. The Hall–Kier alpha value is -1.75. The molecule has 0 aromatic heterocycles. The molecule has 0 saturated carbocycles. The van der Waals surface area contributed by atoms with E-state index >= 15 is 0 Å². The molecular formula is C13H17NO4. The lowest BCUT2D eigenvalue weighted by Gasteiger charge is -2.06. The van der Waals surface area contributed by atoms with Crippen molar-refractivity contribution in [2.45, 2.75) is 31.7 Å². The Morgan fingerprint density at radius 2 is 2.11 bits per heavy atom. The van der Waals surface area contributed by atoms with Crippen molar-refractivity contribution in [3.05, 3.63) is 23.8 Å². The van der Waals surface area contributed by atoms with Gasteiger partial charge >= 0.3 is 5.97 Å². The number of unbranched alkanes of at least 4 members (excludes halogenated alkanes) is 1. The van der Waals surface area contributed by atoms with Gasteiger partial charge < -0.3 is 20.3 Å². The lowest BCUT2D eigenvalue weighted by molar-refractivity contribution is -0.138. The fraction of sp³-hybridized carbons (Fsp3) is 0.462. The molecule has 0 aliphatic carbocycles. The highest BCUT2D eigenvalue weighted by Gasteiger charge is 2.13. The first-order valence-electron chi connectivity index (χ1n) is 6.04. The van der Waals surface area contributed by atoms with Crippen molar-refractivity contribution < 1.29 is 19.4 Å². The summed E-state index contributed by atoms with van der Waals surface area (Å²) in [6, 6.07) is 5.13. The Morgan fingerprint density at radius 1 is 1.33 bits per heavy atom. The fourth-order valence-corrected chi connectivity index (χ4v) is 1.91. The Labute approximate surface area is 106 Å². The Bertz CT molecular complexity index is 433. The topological polar surface area (TPSA) is 81.8 Å². The molecule has 2 rings (SSSR count). The van der Waals surface area contributed by atoms with Crippen molar-refractivity contribution in [3.63, 3.8) is 0 Å². The molecule has 5 nitrogen and oxygen atoms in total. The van der Waals surface area contributed by atoms with Crippen molar-refractivity contribution in [2.24, 2.45) is 5.73 Å². The molecule has 18 heavy (non-hydrogen) atoms. The molecule has 1 aromatic rings. The molecular weight excluding hydrogens is 234 g/mol. The first kappa shape index (κ1) is 12.7. The summed E-state index contributed by atoms with van der Waals surface area (Å²) in [7, 11) is 0. The summed E-state index contributed by atoms with van der Waals surface area (Å²) in [5.74, 6) is 0.638. The van der Waals surface area contributed by atoms with E-state index in [1.54, 1.807) is 0 Å². The first-order chi connectivity index (χ1) is 8.66. The molecule has 3 N–H and O–H groups in total. The van der Waals surface area contributed by atoms with Crippen LogP contribution in [0.3, 0.4) is 0 Å². The molecule has 0 bridgehead atoms. The number of nitrogens with two attached hydrogens (primary N) is 1. The summed E-state index contributed by atoms with van der Waals surface area (Å²) in [5.41, 5.74) is 6.60. The van der Waals surface area contributed by atoms with Crippen LogP contribution in [0.5, 0.6) is 11.5 Å². The quantitative estimate of drug-likeness (QED) is 0.749. The SMILES string of the molecule is NC(CCCCc1ccc2c(c1)OCO2)C(=O)O. The smallest absolute Gasteiger partial charge is 0.320 e. The number of carbonyl (C=O) groups is 1. The first-order valence-corrected chi connectivity index (χ1v) is 6.04. The number of benzene rings is 1. The molecule has 1 atom stereocenters. The van der Waals surface area contributed by atoms with Gasteiger partial charge in [-0.1, -0.05) is 12.5 Å². The van der Waals surface area contributed by atoms with Crippen LogP contribution in [0.4, 0.5) is 0 Å². The molecule has 1 heterocycles. The third-order valence-corrected chi connectivity index (χ3v) is 2.98. The maximum atomic E-state index is 10.5. The highest BCUT2D eigenvalue weighted by Crippen LogP contribution is 2.32. The standard InChI is InChI=1S/C13H17NO4/c14-10(13(15)16)4-2-1-3-9-5-6-11-12(7-9)18-8-17-11/h5-7,10H,1-4,8,14H2,(H,15,16). The van der Waals surface area contributed by atoms with Crippen molar-refractivity contribution >= 4 is 5.97 Å². The van der Waals surface area contributed by atoms with E-state index in [4.69, 9.17) is 20.3 Å². The van der Waals surface area contributed by atoms with Gasteiger partial charge in [-0.3, -0.25) is 4.79 Å². The van der Waals surface area contributed by atoms with E-state index in [0.29, 0.717) is 6.42 Å². The molecule has 0 fully saturated rings. The number of carboxylic acid groups (broad SMARTS) is 1. The summed E-state index contributed by atoms with van der Waals surface area (Å²) >= 11 is 0. The highest BCUT2D eigenvalue weighted by molar-refractivity contribution is 5.72. The molecule has 0 radical (unpaired) electrons. The lowest BCUT2D eigenvalue weighted by atomic mass is 10.0. The molecule has 0 amide bonds. The average Bonchev–Trinajstić information content (AvgIpc) is 2.81. The predicted molar refractivity (Wildman–Crippen MR) is 65.7 cm³/mol. The molecule has 1 aliphatic heterocycles. The van der Waals surface area contributed by atoms with E-state index < -0.39 is 12.0 Å². The number of hydrogen-bond acceptors (Lipinski definition) is 4. The van der Waals surface area contributed by atoms with Gasteiger partial charge in [-0.05, 0) is 37.0 Å². The zero-order valence-electron chi connectivity index (χ0n) is 10.1. The van der Waals surface area contributed by atoms with Gasteiger partial charge in [0.05, 0.1) is 0 Å². The number of carboxylic acids is 1. The van der Waals surface area contributed by atoms with Gasteiger partial charge in [0.2, 0.25) is 6.79 Å². The minimum absolute atomic E-state index is 0.284. The van der Waals surface area contributed by atoms with Gasteiger partial charge in [0.1, 0.15) is 6.04 Å². The summed E-state index contributed by atoms with van der Waals surface area (Å²) in [6.45, 7) is 0.284. The Morgan fingerprint density at radius 3 is 2.89 bits per heavy atom. The second-order valence-electron chi connectivity index (χ2n) is 4.38. The molecule has 98 valence electrons. The summed E-state index contributed by atoms with van der Waals surface area (Å²) in [6.07, 6.45) is 3.13. The van der Waals surface area contributed by atoms with Crippen LogP contribution >= 0.6 is 0 Å². The lowest BCUT2D eigenvalue weighted by Crippen LogP contribution is -2.29. The second-order valence-corrected chi connectivity index (χ2v) is 4.38. The van der Waals surface area contributed by atoms with Gasteiger partial charge in [-0.15, -0.1) is 0 Å². The van der Waals surface area contributed by atoms with Crippen LogP contribution in [0.2, 0.25) is 0 Å². The number of aryl methyl sites for hydroxylation is 1. The largest absolute Gasteiger partial charge is 0.480 e. The number of aliphatic carboxylic acids is 1. The molecule has 1 aromatic carbocycles. The number of hydrogen-bond donors (Lipinski definition) is 2. The van der Waals surface area contributed by atoms with Crippen LogP contribution in [0.15, 0.2) is 18.2 Å². The summed E-state index contributed by atoms with van der Waals surface area (Å²) in [5, 5.41) is 8.65. The van der Waals surface area contributed by atoms with E-state index in [9.17, 15) is 4.79 Å². The van der Waals surface area contributed by atoms with Gasteiger partial charge in [0.25, 0.3) is 0 Å². The average molecular weight is 251 g/mol. The molecule has 0 saturated heterocycles. The van der Waals surface area contributed by atoms with E-state index in [-0.39, 0.29) is 6.79 Å². The molecule has 0 spiro atoms. The second kappa shape index (κ2) is 5.73. The minimum Gasteiger partial charge on any atom is -0.480 e. The monoisotopic (exact) mass is 251 g/mol. The third kappa shape index (κ3) is 3.13. The van der Waals surface area contributed by atoms with Crippen LogP contribution in [0.1, 0.15) is 24.8 Å². The van der Waals surface area contributed by atoms with Gasteiger partial charge in [-0.2, -0.15) is 0 Å². The van der Waals surface area contributed by atoms with E-state index in [0.717, 1.165) is 30.8 Å². The maximum Gasteiger partial charge on any atom is 0.320 e. The van der Waals surface area contributed by atoms with E-state index in [1.165, 1.54) is 5.56 Å². The van der Waals surface area contributed by atoms with E-state index in [2.05, 4.69) is 0 Å². The Balaban J connectivity index is 1.75. The van der Waals surface area contributed by atoms with Crippen molar-refractivity contribution in [3.8, 4) is 11.5 Å². The zero-order chi connectivity index (χ0) is 13.0. The summed E-state index contributed by atoms with van der Waals surface area (Å²) < 4.78 is 10.5. The minimum atomic E-state index is -0.932. The van der Waals surface area contributed by atoms with Crippen molar-refractivity contribution in [1.29, 1.82) is 0 Å². The normalized spacial score (nSPS) is 14.5. The third-order valence-electron chi connectivity index (χ3n) is 2.98.